The summed E-state index contributed by atoms with van der Waals surface area (Å²) in [5.41, 5.74) is 5.32. The van der Waals surface area contributed by atoms with Crippen LogP contribution in [0.4, 0.5) is 0 Å². The summed E-state index contributed by atoms with van der Waals surface area (Å²) >= 11 is 0. The van der Waals surface area contributed by atoms with E-state index in [1.54, 1.807) is 5.01 Å². The number of hydrogen-bond acceptors (Lipinski definition) is 3. The van der Waals surface area contributed by atoms with Crippen LogP contribution in [0.15, 0.2) is 0 Å². The molecule has 1 aliphatic rings. The minimum Gasteiger partial charge on any atom is -0.315 e. The van der Waals surface area contributed by atoms with E-state index in [9.17, 15) is 0 Å². The maximum Gasteiger partial charge on any atom is 0.0718 e. The first-order chi connectivity index (χ1) is 2.80. The summed E-state index contributed by atoms with van der Waals surface area (Å²) in [6.07, 6.45) is 1.20. The quantitative estimate of drug-likeness (QED) is 0.367. The first-order valence-corrected chi connectivity index (χ1v) is 2.07. The average Bonchev–Trinajstić information content (AvgIpc) is 1.61. The molecule has 4 N–H and O–H groups in total. The molecular formula is C3H9N3. The highest BCUT2D eigenvalue weighted by Gasteiger charge is 2.18. The van der Waals surface area contributed by atoms with Gasteiger partial charge in [-0.15, -0.1) is 0 Å². The summed E-state index contributed by atoms with van der Waals surface area (Å²) < 4.78 is 0. The van der Waals surface area contributed by atoms with Gasteiger partial charge in [0.15, 0.2) is 0 Å². The van der Waals surface area contributed by atoms with E-state index in [0.717, 1.165) is 13.0 Å². The molecule has 1 saturated heterocycles. The molecule has 1 aliphatic heterocycles. The van der Waals surface area contributed by atoms with E-state index in [4.69, 9.17) is 11.6 Å². The van der Waals surface area contributed by atoms with Crippen LogP contribution in [-0.4, -0.2) is 17.7 Å². The fourth-order valence-corrected chi connectivity index (χ4v) is 0.427. The van der Waals surface area contributed by atoms with Gasteiger partial charge in [-0.05, 0) is 6.42 Å². The molecule has 1 fully saturated rings. The summed E-state index contributed by atoms with van der Waals surface area (Å²) in [6, 6.07) is 0. The molecule has 0 aromatic heterocycles. The van der Waals surface area contributed by atoms with E-state index in [-0.39, 0.29) is 6.17 Å². The molecule has 0 bridgehead atoms. The van der Waals surface area contributed by atoms with E-state index < -0.39 is 0 Å². The lowest BCUT2D eigenvalue weighted by molar-refractivity contribution is 0.0969. The zero-order valence-electron chi connectivity index (χ0n) is 3.59. The van der Waals surface area contributed by atoms with Gasteiger partial charge in [-0.25, -0.2) is 5.01 Å². The maximum atomic E-state index is 5.32. The first kappa shape index (κ1) is 4.05. The lowest BCUT2D eigenvalue weighted by Crippen LogP contribution is -2.56. The summed E-state index contributed by atoms with van der Waals surface area (Å²) in [4.78, 5) is 0. The number of nitrogens with two attached hydrogens (primary N) is 2. The molecule has 0 radical (unpaired) electrons. The smallest absolute Gasteiger partial charge is 0.0718 e. The maximum absolute atomic E-state index is 5.32. The third-order valence-corrected chi connectivity index (χ3v) is 1.11. The zero-order valence-corrected chi connectivity index (χ0v) is 3.59. The molecular weight excluding hydrogens is 78.1 g/mol. The molecule has 3 heteroatoms. The van der Waals surface area contributed by atoms with Crippen LogP contribution >= 0.6 is 0 Å². The molecule has 1 atom stereocenters. The van der Waals surface area contributed by atoms with Gasteiger partial charge in [-0.1, -0.05) is 0 Å². The minimum absolute atomic E-state index is 0.144. The van der Waals surface area contributed by atoms with Crippen LogP contribution in [0.3, 0.4) is 0 Å². The SMILES string of the molecule is NC1CCN1N. The van der Waals surface area contributed by atoms with Gasteiger partial charge in [0.1, 0.15) is 0 Å². The molecule has 0 aromatic rings. The van der Waals surface area contributed by atoms with Gasteiger partial charge in [0.2, 0.25) is 0 Å². The van der Waals surface area contributed by atoms with Crippen LogP contribution in [-0.2, 0) is 0 Å². The molecule has 0 saturated carbocycles. The molecule has 1 unspecified atom stereocenters. The van der Waals surface area contributed by atoms with E-state index in [1.807, 2.05) is 0 Å². The third kappa shape index (κ3) is 0.408. The monoisotopic (exact) mass is 87.1 g/mol. The second-order valence-corrected chi connectivity index (χ2v) is 1.59. The molecule has 1 rings (SSSR count). The summed E-state index contributed by atoms with van der Waals surface area (Å²) in [6.45, 7) is 0.959. The van der Waals surface area contributed by atoms with Crippen LogP contribution in [0.25, 0.3) is 0 Å². The van der Waals surface area contributed by atoms with Gasteiger partial charge < -0.3 is 5.73 Å². The summed E-state index contributed by atoms with van der Waals surface area (Å²) in [7, 11) is 0. The first-order valence-electron chi connectivity index (χ1n) is 2.07. The van der Waals surface area contributed by atoms with Crippen molar-refractivity contribution >= 4 is 0 Å². The number of nitrogens with zero attached hydrogens (tertiary/aromatic N) is 1. The van der Waals surface area contributed by atoms with Gasteiger partial charge in [0.25, 0.3) is 0 Å². The standard InChI is InChI=1S/C3H9N3/c4-3-1-2-6(3)5/h3H,1-2,4-5H2. The molecule has 3 nitrogen and oxygen atoms in total. The summed E-state index contributed by atoms with van der Waals surface area (Å²) in [5, 5.41) is 1.62. The second kappa shape index (κ2) is 1.18. The molecule has 0 amide bonds. The van der Waals surface area contributed by atoms with Crippen LogP contribution in [0.5, 0.6) is 0 Å². The van der Waals surface area contributed by atoms with Crippen molar-refractivity contribution in [1.29, 1.82) is 0 Å². The molecule has 0 aromatic carbocycles. The lowest BCUT2D eigenvalue weighted by Gasteiger charge is -2.33. The van der Waals surface area contributed by atoms with Crippen LogP contribution in [0.1, 0.15) is 6.42 Å². The van der Waals surface area contributed by atoms with Gasteiger partial charge in [-0.2, -0.15) is 0 Å². The van der Waals surface area contributed by atoms with Crippen molar-refractivity contribution in [2.75, 3.05) is 6.54 Å². The number of rotatable bonds is 0. The second-order valence-electron chi connectivity index (χ2n) is 1.59. The predicted molar refractivity (Wildman–Crippen MR) is 23.5 cm³/mol. The highest BCUT2D eigenvalue weighted by Crippen LogP contribution is 2.03. The fraction of sp³-hybridized carbons (Fsp3) is 1.00. The van der Waals surface area contributed by atoms with E-state index in [0.29, 0.717) is 0 Å². The highest BCUT2D eigenvalue weighted by molar-refractivity contribution is 4.70. The zero-order chi connectivity index (χ0) is 4.57. The van der Waals surface area contributed by atoms with Crippen molar-refractivity contribution in [2.45, 2.75) is 12.6 Å². The van der Waals surface area contributed by atoms with Crippen molar-refractivity contribution < 1.29 is 0 Å². The van der Waals surface area contributed by atoms with Gasteiger partial charge in [-0.3, -0.25) is 5.84 Å². The Hall–Kier alpha value is -0.120. The largest absolute Gasteiger partial charge is 0.315 e. The molecule has 1 heterocycles. The van der Waals surface area contributed by atoms with Gasteiger partial charge >= 0.3 is 0 Å². The van der Waals surface area contributed by atoms with Crippen LogP contribution < -0.4 is 11.6 Å². The normalized spacial score (nSPS) is 36.0. The van der Waals surface area contributed by atoms with E-state index in [1.165, 1.54) is 0 Å². The average molecular weight is 87.1 g/mol. The Morgan fingerprint density at radius 2 is 2.17 bits per heavy atom. The van der Waals surface area contributed by atoms with Gasteiger partial charge in [0, 0.05) is 6.54 Å². The van der Waals surface area contributed by atoms with E-state index in [2.05, 4.69) is 0 Å². The van der Waals surface area contributed by atoms with Gasteiger partial charge in [0.05, 0.1) is 6.17 Å². The molecule has 0 aliphatic carbocycles. The third-order valence-electron chi connectivity index (χ3n) is 1.11. The predicted octanol–water partition coefficient (Wildman–Crippen LogP) is -1.15. The Balaban J connectivity index is 2.20. The Labute approximate surface area is 36.9 Å². The van der Waals surface area contributed by atoms with E-state index >= 15 is 0 Å². The molecule has 36 valence electrons. The Morgan fingerprint density at radius 3 is 2.17 bits per heavy atom. The Morgan fingerprint density at radius 1 is 1.67 bits per heavy atom. The highest BCUT2D eigenvalue weighted by atomic mass is 15.5. The topological polar surface area (TPSA) is 55.3 Å². The fourth-order valence-electron chi connectivity index (χ4n) is 0.427. The van der Waals surface area contributed by atoms with Crippen molar-refractivity contribution in [2.24, 2.45) is 11.6 Å². The van der Waals surface area contributed by atoms with Crippen molar-refractivity contribution in [3.63, 3.8) is 0 Å². The number of hydrogen-bond donors (Lipinski definition) is 2. The van der Waals surface area contributed by atoms with Crippen molar-refractivity contribution in [3.05, 3.63) is 0 Å². The Bertz CT molecular complexity index is 46.0. The van der Waals surface area contributed by atoms with Crippen molar-refractivity contribution in [3.8, 4) is 0 Å². The Kier molecular flexibility index (Phi) is 0.799. The minimum atomic E-state index is 0.144. The van der Waals surface area contributed by atoms with Crippen LogP contribution in [0, 0.1) is 0 Å². The van der Waals surface area contributed by atoms with Crippen LogP contribution in [0.2, 0.25) is 0 Å². The molecule has 6 heavy (non-hydrogen) atoms. The number of hydrazine groups is 1. The lowest BCUT2D eigenvalue weighted by atomic mass is 10.2. The molecule has 0 spiro atoms. The summed E-state index contributed by atoms with van der Waals surface area (Å²) in [5.74, 6) is 5.23. The van der Waals surface area contributed by atoms with Crippen molar-refractivity contribution in [1.82, 2.24) is 5.01 Å².